The molecule has 3 aromatic rings. The SMILES string of the molecule is CN1CCN(C(=O)c2ccc(-c3ccc4[nH]c(C(=O)NCCNC(=O)OC(C)(C)C)cc4c3)cc2)CC1. The molecule has 2 aromatic carbocycles. The molecular formula is C28H35N5O4. The van der Waals surface area contributed by atoms with Crippen LogP contribution in [0.2, 0.25) is 0 Å². The number of nitrogens with zero attached hydrogens (tertiary/aromatic N) is 2. The van der Waals surface area contributed by atoms with Crippen molar-refractivity contribution in [3.63, 3.8) is 0 Å². The van der Waals surface area contributed by atoms with Crippen molar-refractivity contribution < 1.29 is 19.1 Å². The highest BCUT2D eigenvalue weighted by atomic mass is 16.6. The highest BCUT2D eigenvalue weighted by molar-refractivity contribution is 5.99. The molecule has 1 fully saturated rings. The molecule has 3 N–H and O–H groups in total. The number of aromatic amines is 1. The van der Waals surface area contributed by atoms with Crippen molar-refractivity contribution in [1.29, 1.82) is 0 Å². The number of carbonyl (C=O) groups excluding carboxylic acids is 3. The number of alkyl carbamates (subject to hydrolysis) is 1. The number of hydrogen-bond acceptors (Lipinski definition) is 5. The van der Waals surface area contributed by atoms with Crippen LogP contribution in [0.5, 0.6) is 0 Å². The number of likely N-dealkylation sites (N-methyl/N-ethyl adjacent to an activating group) is 1. The van der Waals surface area contributed by atoms with Gasteiger partial charge >= 0.3 is 6.09 Å². The number of H-pyrrole nitrogens is 1. The van der Waals surface area contributed by atoms with Gasteiger partial charge in [-0.15, -0.1) is 0 Å². The average Bonchev–Trinajstić information content (AvgIpc) is 3.29. The number of nitrogens with one attached hydrogen (secondary N) is 3. The number of fused-ring (bicyclic) bond motifs is 1. The molecule has 0 radical (unpaired) electrons. The first-order chi connectivity index (χ1) is 17.6. The molecule has 9 heteroatoms. The van der Waals surface area contributed by atoms with Gasteiger partial charge in [-0.3, -0.25) is 9.59 Å². The van der Waals surface area contributed by atoms with Gasteiger partial charge in [-0.25, -0.2) is 4.79 Å². The van der Waals surface area contributed by atoms with Gasteiger partial charge in [0.05, 0.1) is 0 Å². The van der Waals surface area contributed by atoms with E-state index >= 15 is 0 Å². The average molecular weight is 506 g/mol. The molecule has 2 heterocycles. The highest BCUT2D eigenvalue weighted by Crippen LogP contribution is 2.26. The molecule has 1 aliphatic heterocycles. The van der Waals surface area contributed by atoms with Crippen molar-refractivity contribution in [3.05, 3.63) is 59.8 Å². The highest BCUT2D eigenvalue weighted by Gasteiger charge is 2.20. The monoisotopic (exact) mass is 505 g/mol. The van der Waals surface area contributed by atoms with E-state index in [0.717, 1.165) is 48.2 Å². The van der Waals surface area contributed by atoms with Crippen LogP contribution in [0, 0.1) is 0 Å². The predicted molar refractivity (Wildman–Crippen MR) is 144 cm³/mol. The van der Waals surface area contributed by atoms with Crippen molar-refractivity contribution in [3.8, 4) is 11.1 Å². The van der Waals surface area contributed by atoms with Gasteiger partial charge in [0, 0.05) is 55.7 Å². The number of benzene rings is 2. The summed E-state index contributed by atoms with van der Waals surface area (Å²) in [4.78, 5) is 44.4. The Morgan fingerprint density at radius 3 is 2.22 bits per heavy atom. The Kier molecular flexibility index (Phi) is 7.83. The molecule has 0 unspecified atom stereocenters. The minimum atomic E-state index is -0.569. The lowest BCUT2D eigenvalue weighted by atomic mass is 10.0. The molecule has 0 bridgehead atoms. The lowest BCUT2D eigenvalue weighted by Gasteiger charge is -2.32. The maximum absolute atomic E-state index is 12.8. The first kappa shape index (κ1) is 26.2. The van der Waals surface area contributed by atoms with Crippen LogP contribution < -0.4 is 10.6 Å². The molecular weight excluding hydrogens is 470 g/mol. The number of carbonyl (C=O) groups is 3. The van der Waals surface area contributed by atoms with E-state index in [1.54, 1.807) is 26.8 Å². The molecule has 4 rings (SSSR count). The Morgan fingerprint density at radius 2 is 1.54 bits per heavy atom. The van der Waals surface area contributed by atoms with Crippen LogP contribution in [0.1, 0.15) is 41.6 Å². The smallest absolute Gasteiger partial charge is 0.407 e. The van der Waals surface area contributed by atoms with Gasteiger partial charge in [-0.05, 0) is 69.3 Å². The van der Waals surface area contributed by atoms with E-state index in [-0.39, 0.29) is 24.9 Å². The summed E-state index contributed by atoms with van der Waals surface area (Å²) in [7, 11) is 2.07. The van der Waals surface area contributed by atoms with E-state index in [4.69, 9.17) is 4.74 Å². The quantitative estimate of drug-likeness (QED) is 0.445. The molecule has 0 atom stereocenters. The van der Waals surface area contributed by atoms with E-state index in [0.29, 0.717) is 11.3 Å². The van der Waals surface area contributed by atoms with Crippen molar-refractivity contribution in [1.82, 2.24) is 25.4 Å². The molecule has 0 spiro atoms. The third kappa shape index (κ3) is 6.89. The summed E-state index contributed by atoms with van der Waals surface area (Å²) < 4.78 is 5.18. The van der Waals surface area contributed by atoms with Crippen LogP contribution in [0.4, 0.5) is 4.79 Å². The minimum absolute atomic E-state index is 0.0673. The number of piperazine rings is 1. The second-order valence-corrected chi connectivity index (χ2v) is 10.3. The zero-order valence-electron chi connectivity index (χ0n) is 21.9. The maximum Gasteiger partial charge on any atom is 0.407 e. The third-order valence-corrected chi connectivity index (χ3v) is 6.20. The molecule has 0 saturated carbocycles. The zero-order valence-corrected chi connectivity index (χ0v) is 21.9. The Hall–Kier alpha value is -3.85. The maximum atomic E-state index is 12.8. The largest absolute Gasteiger partial charge is 0.444 e. The summed E-state index contributed by atoms with van der Waals surface area (Å²) in [6, 6.07) is 15.4. The Bertz CT molecular complexity index is 1270. The number of hydrogen-bond donors (Lipinski definition) is 3. The molecule has 1 aliphatic rings. The molecule has 3 amide bonds. The molecule has 0 aliphatic carbocycles. The van der Waals surface area contributed by atoms with Gasteiger partial charge < -0.3 is 30.2 Å². The number of rotatable bonds is 6. The van der Waals surface area contributed by atoms with E-state index < -0.39 is 11.7 Å². The standard InChI is InChI=1S/C28H35N5O4/c1-28(2,3)37-27(36)30-12-11-29-25(34)24-18-22-17-21(9-10-23(22)31-24)19-5-7-20(8-6-19)26(35)33-15-13-32(4)14-16-33/h5-10,17-18,31H,11-16H2,1-4H3,(H,29,34)(H,30,36). The van der Waals surface area contributed by atoms with Crippen LogP contribution in [0.25, 0.3) is 22.0 Å². The fourth-order valence-corrected chi connectivity index (χ4v) is 4.18. The summed E-state index contributed by atoms with van der Waals surface area (Å²) in [5, 5.41) is 6.32. The van der Waals surface area contributed by atoms with Crippen molar-refractivity contribution in [2.45, 2.75) is 26.4 Å². The Morgan fingerprint density at radius 1 is 0.892 bits per heavy atom. The minimum Gasteiger partial charge on any atom is -0.444 e. The number of ether oxygens (including phenoxy) is 1. The Balaban J connectivity index is 1.35. The fraction of sp³-hybridized carbons (Fsp3) is 0.393. The molecule has 1 aromatic heterocycles. The second kappa shape index (κ2) is 11.0. The van der Waals surface area contributed by atoms with Gasteiger partial charge in [0.1, 0.15) is 11.3 Å². The van der Waals surface area contributed by atoms with Crippen LogP contribution in [-0.2, 0) is 4.74 Å². The lowest BCUT2D eigenvalue weighted by molar-refractivity contribution is 0.0526. The van der Waals surface area contributed by atoms with Crippen molar-refractivity contribution >= 4 is 28.8 Å². The van der Waals surface area contributed by atoms with Gasteiger partial charge in [-0.1, -0.05) is 18.2 Å². The van der Waals surface area contributed by atoms with Crippen molar-refractivity contribution in [2.24, 2.45) is 0 Å². The van der Waals surface area contributed by atoms with Crippen LogP contribution in [-0.4, -0.2) is 84.6 Å². The van der Waals surface area contributed by atoms with Crippen LogP contribution in [0.3, 0.4) is 0 Å². The number of aromatic nitrogens is 1. The van der Waals surface area contributed by atoms with E-state index in [1.165, 1.54) is 0 Å². The Labute approximate surface area is 217 Å². The van der Waals surface area contributed by atoms with Gasteiger partial charge in [-0.2, -0.15) is 0 Å². The van der Waals surface area contributed by atoms with E-state index in [9.17, 15) is 14.4 Å². The molecule has 196 valence electrons. The predicted octanol–water partition coefficient (Wildman–Crippen LogP) is 3.48. The summed E-state index contributed by atoms with van der Waals surface area (Å²) in [5.74, 6) is -0.187. The first-order valence-electron chi connectivity index (χ1n) is 12.6. The number of amides is 3. The van der Waals surface area contributed by atoms with E-state index in [1.807, 2.05) is 47.4 Å². The topological polar surface area (TPSA) is 107 Å². The molecule has 1 saturated heterocycles. The lowest BCUT2D eigenvalue weighted by Crippen LogP contribution is -2.47. The zero-order chi connectivity index (χ0) is 26.6. The molecule has 37 heavy (non-hydrogen) atoms. The second-order valence-electron chi connectivity index (χ2n) is 10.3. The van der Waals surface area contributed by atoms with Crippen LogP contribution in [0.15, 0.2) is 48.5 Å². The summed E-state index contributed by atoms with van der Waals surface area (Å²) in [6.45, 7) is 9.20. The normalized spacial score (nSPS) is 14.4. The summed E-state index contributed by atoms with van der Waals surface area (Å²) in [5.41, 5.74) is 3.41. The van der Waals surface area contributed by atoms with Gasteiger partial charge in [0.2, 0.25) is 0 Å². The van der Waals surface area contributed by atoms with Crippen molar-refractivity contribution in [2.75, 3.05) is 46.3 Å². The third-order valence-electron chi connectivity index (χ3n) is 6.20. The fourth-order valence-electron chi connectivity index (χ4n) is 4.18. The molecule has 9 nitrogen and oxygen atoms in total. The summed E-state index contributed by atoms with van der Waals surface area (Å²) in [6.07, 6.45) is -0.517. The van der Waals surface area contributed by atoms with Crippen LogP contribution >= 0.6 is 0 Å². The summed E-state index contributed by atoms with van der Waals surface area (Å²) >= 11 is 0. The first-order valence-corrected chi connectivity index (χ1v) is 12.6. The van der Waals surface area contributed by atoms with Gasteiger partial charge in [0.25, 0.3) is 11.8 Å². The van der Waals surface area contributed by atoms with Gasteiger partial charge in [0.15, 0.2) is 0 Å². The van der Waals surface area contributed by atoms with E-state index in [2.05, 4.69) is 27.6 Å².